The Morgan fingerprint density at radius 1 is 1.33 bits per heavy atom. The number of rotatable bonds is 2. The molecule has 1 aromatic heterocycles. The second-order valence-electron chi connectivity index (χ2n) is 4.23. The van der Waals surface area contributed by atoms with Crippen LogP contribution in [0.1, 0.15) is 16.4 Å². The van der Waals surface area contributed by atoms with Crippen LogP contribution in [0.2, 0.25) is 0 Å². The quantitative estimate of drug-likeness (QED) is 0.849. The molecule has 18 heavy (non-hydrogen) atoms. The topological polar surface area (TPSA) is 51.0 Å². The molecule has 0 N–H and O–H groups in total. The van der Waals surface area contributed by atoms with Crippen molar-refractivity contribution in [2.45, 2.75) is 6.04 Å². The van der Waals surface area contributed by atoms with Crippen molar-refractivity contribution in [2.24, 2.45) is 0 Å². The van der Waals surface area contributed by atoms with Crippen molar-refractivity contribution in [3.8, 4) is 0 Å². The summed E-state index contributed by atoms with van der Waals surface area (Å²) in [6, 6.07) is 7.72. The molecule has 1 aromatic carbocycles. The lowest BCUT2D eigenvalue weighted by Gasteiger charge is -2.39. The van der Waals surface area contributed by atoms with Crippen LogP contribution >= 0.6 is 15.9 Å². The Hall–Kier alpha value is -1.69. The molecule has 3 rings (SSSR count). The molecule has 2 aromatic rings. The molecule has 2 heterocycles. The predicted octanol–water partition coefficient (Wildman–Crippen LogP) is 1.74. The highest BCUT2D eigenvalue weighted by molar-refractivity contribution is 9.10. The van der Waals surface area contributed by atoms with Gasteiger partial charge in [0.2, 0.25) is 0 Å². The highest BCUT2D eigenvalue weighted by Gasteiger charge is 2.33. The lowest BCUT2D eigenvalue weighted by atomic mass is 10.1. The summed E-state index contributed by atoms with van der Waals surface area (Å²) in [5.74, 6) is 0.0545. The Balaban J connectivity index is 1.69. The molecule has 1 aliphatic rings. The summed E-state index contributed by atoms with van der Waals surface area (Å²) in [5.41, 5.74) is 0.703. The van der Waals surface area contributed by atoms with Gasteiger partial charge in [-0.15, -0.1) is 5.10 Å². The van der Waals surface area contributed by atoms with Gasteiger partial charge in [-0.2, -0.15) is 0 Å². The molecule has 0 spiro atoms. The Kier molecular flexibility index (Phi) is 2.87. The van der Waals surface area contributed by atoms with Crippen LogP contribution < -0.4 is 0 Å². The standard InChI is InChI=1S/C12H11BrN4O/c13-11-4-2-1-3-10(11)12(18)16-7-9(8-16)17-6-5-14-15-17/h1-6,9H,7-8H2. The zero-order valence-electron chi connectivity index (χ0n) is 9.53. The highest BCUT2D eigenvalue weighted by Crippen LogP contribution is 2.25. The third-order valence-corrected chi connectivity index (χ3v) is 3.76. The van der Waals surface area contributed by atoms with E-state index in [9.17, 15) is 4.79 Å². The van der Waals surface area contributed by atoms with Crippen molar-refractivity contribution in [1.29, 1.82) is 0 Å². The number of carbonyl (C=O) groups is 1. The van der Waals surface area contributed by atoms with Crippen molar-refractivity contribution in [3.05, 3.63) is 46.7 Å². The Labute approximate surface area is 113 Å². The van der Waals surface area contributed by atoms with Crippen LogP contribution in [0.5, 0.6) is 0 Å². The molecular weight excluding hydrogens is 296 g/mol. The van der Waals surface area contributed by atoms with Crippen LogP contribution in [0.3, 0.4) is 0 Å². The fourth-order valence-electron chi connectivity index (χ4n) is 2.01. The molecule has 92 valence electrons. The molecular formula is C12H11BrN4O. The van der Waals surface area contributed by atoms with Crippen LogP contribution in [-0.4, -0.2) is 38.9 Å². The average molecular weight is 307 g/mol. The molecule has 0 radical (unpaired) electrons. The minimum absolute atomic E-state index is 0.0545. The Morgan fingerprint density at radius 3 is 2.78 bits per heavy atom. The monoisotopic (exact) mass is 306 g/mol. The van der Waals surface area contributed by atoms with Crippen LogP contribution in [0.4, 0.5) is 0 Å². The number of likely N-dealkylation sites (tertiary alicyclic amines) is 1. The van der Waals surface area contributed by atoms with Gasteiger partial charge in [0.15, 0.2) is 0 Å². The number of halogens is 1. The van der Waals surface area contributed by atoms with Gasteiger partial charge in [0.1, 0.15) is 0 Å². The minimum Gasteiger partial charge on any atom is -0.334 e. The second-order valence-corrected chi connectivity index (χ2v) is 5.08. The maximum atomic E-state index is 12.2. The largest absolute Gasteiger partial charge is 0.334 e. The van der Waals surface area contributed by atoms with Gasteiger partial charge in [-0.05, 0) is 28.1 Å². The minimum atomic E-state index is 0.0545. The summed E-state index contributed by atoms with van der Waals surface area (Å²) >= 11 is 3.40. The second kappa shape index (κ2) is 4.53. The van der Waals surface area contributed by atoms with E-state index >= 15 is 0 Å². The Bertz CT molecular complexity index is 563. The van der Waals surface area contributed by atoms with Gasteiger partial charge in [0.25, 0.3) is 5.91 Å². The van der Waals surface area contributed by atoms with E-state index in [2.05, 4.69) is 26.2 Å². The van der Waals surface area contributed by atoms with Gasteiger partial charge in [0, 0.05) is 23.8 Å². The predicted molar refractivity (Wildman–Crippen MR) is 69.1 cm³/mol. The van der Waals surface area contributed by atoms with E-state index in [0.717, 1.165) is 4.47 Å². The summed E-state index contributed by atoms with van der Waals surface area (Å²) < 4.78 is 2.63. The summed E-state index contributed by atoms with van der Waals surface area (Å²) in [6.45, 7) is 1.37. The van der Waals surface area contributed by atoms with E-state index in [1.54, 1.807) is 10.9 Å². The van der Waals surface area contributed by atoms with Crippen LogP contribution in [0.15, 0.2) is 41.1 Å². The first-order valence-electron chi connectivity index (χ1n) is 5.65. The lowest BCUT2D eigenvalue weighted by Crippen LogP contribution is -2.51. The summed E-state index contributed by atoms with van der Waals surface area (Å²) in [7, 11) is 0. The zero-order chi connectivity index (χ0) is 12.5. The summed E-state index contributed by atoms with van der Waals surface area (Å²) in [4.78, 5) is 14.0. The normalized spacial score (nSPS) is 15.5. The molecule has 1 saturated heterocycles. The molecule has 1 aliphatic heterocycles. The van der Waals surface area contributed by atoms with Crippen molar-refractivity contribution in [1.82, 2.24) is 19.9 Å². The fraction of sp³-hybridized carbons (Fsp3) is 0.250. The van der Waals surface area contributed by atoms with Crippen molar-refractivity contribution in [2.75, 3.05) is 13.1 Å². The van der Waals surface area contributed by atoms with Crippen molar-refractivity contribution >= 4 is 21.8 Å². The molecule has 0 atom stereocenters. The lowest BCUT2D eigenvalue weighted by molar-refractivity contribution is 0.0497. The van der Waals surface area contributed by atoms with Crippen molar-refractivity contribution < 1.29 is 4.79 Å². The first-order chi connectivity index (χ1) is 8.75. The molecule has 0 bridgehead atoms. The van der Waals surface area contributed by atoms with Crippen LogP contribution in [0.25, 0.3) is 0 Å². The van der Waals surface area contributed by atoms with Gasteiger partial charge in [-0.1, -0.05) is 17.3 Å². The first-order valence-corrected chi connectivity index (χ1v) is 6.44. The maximum Gasteiger partial charge on any atom is 0.255 e. The maximum absolute atomic E-state index is 12.2. The smallest absolute Gasteiger partial charge is 0.255 e. The van der Waals surface area contributed by atoms with Gasteiger partial charge in [0.05, 0.1) is 17.8 Å². The third kappa shape index (κ3) is 1.92. The SMILES string of the molecule is O=C(c1ccccc1Br)N1CC(n2ccnn2)C1. The summed E-state index contributed by atoms with van der Waals surface area (Å²) in [6.07, 6.45) is 3.48. The van der Waals surface area contributed by atoms with E-state index < -0.39 is 0 Å². The van der Waals surface area contributed by atoms with E-state index in [4.69, 9.17) is 0 Å². The Morgan fingerprint density at radius 2 is 2.11 bits per heavy atom. The van der Waals surface area contributed by atoms with Crippen LogP contribution in [-0.2, 0) is 0 Å². The number of amides is 1. The summed E-state index contributed by atoms with van der Waals surface area (Å²) in [5, 5.41) is 7.71. The van der Waals surface area contributed by atoms with Crippen LogP contribution in [0, 0.1) is 0 Å². The fourth-order valence-corrected chi connectivity index (χ4v) is 2.46. The van der Waals surface area contributed by atoms with E-state index in [1.165, 1.54) is 0 Å². The van der Waals surface area contributed by atoms with E-state index in [-0.39, 0.29) is 11.9 Å². The third-order valence-electron chi connectivity index (χ3n) is 3.07. The zero-order valence-corrected chi connectivity index (χ0v) is 11.1. The number of hydrogen-bond acceptors (Lipinski definition) is 3. The highest BCUT2D eigenvalue weighted by atomic mass is 79.9. The van der Waals surface area contributed by atoms with Gasteiger partial charge >= 0.3 is 0 Å². The number of hydrogen-bond donors (Lipinski definition) is 0. The molecule has 6 heteroatoms. The molecule has 0 saturated carbocycles. The number of carbonyl (C=O) groups excluding carboxylic acids is 1. The van der Waals surface area contributed by atoms with Gasteiger partial charge in [-0.25, -0.2) is 4.68 Å². The molecule has 0 unspecified atom stereocenters. The van der Waals surface area contributed by atoms with Crippen molar-refractivity contribution in [3.63, 3.8) is 0 Å². The molecule has 5 nitrogen and oxygen atoms in total. The number of aromatic nitrogens is 3. The molecule has 1 fully saturated rings. The number of nitrogens with zero attached hydrogens (tertiary/aromatic N) is 4. The van der Waals surface area contributed by atoms with E-state index in [0.29, 0.717) is 18.7 Å². The molecule has 1 amide bonds. The first kappa shape index (κ1) is 11.4. The molecule has 0 aliphatic carbocycles. The van der Waals surface area contributed by atoms with Gasteiger partial charge in [-0.3, -0.25) is 4.79 Å². The van der Waals surface area contributed by atoms with Gasteiger partial charge < -0.3 is 4.90 Å². The number of benzene rings is 1. The average Bonchev–Trinajstić information content (AvgIpc) is 2.81. The van der Waals surface area contributed by atoms with E-state index in [1.807, 2.05) is 35.4 Å².